The number of hydrogen-bond acceptors (Lipinski definition) is 4. The zero-order valence-corrected chi connectivity index (χ0v) is 12.5. The number of allylic oxidation sites excluding steroid dienone is 2. The number of carbonyl (C=O) groups excluding carboxylic acids is 1. The largest absolute Gasteiger partial charge is 0.511 e. The fourth-order valence-corrected chi connectivity index (χ4v) is 2.24. The molecule has 0 saturated carbocycles. The first-order valence-electron chi connectivity index (χ1n) is 7.05. The summed E-state index contributed by atoms with van der Waals surface area (Å²) in [4.78, 5) is 17.4. The summed E-state index contributed by atoms with van der Waals surface area (Å²) in [7, 11) is 0. The van der Waals surface area contributed by atoms with Gasteiger partial charge in [0.05, 0.1) is 11.3 Å². The summed E-state index contributed by atoms with van der Waals surface area (Å²) >= 11 is 0. The first kappa shape index (κ1) is 15.7. The van der Waals surface area contributed by atoms with Crippen LogP contribution in [0.3, 0.4) is 0 Å². The Bertz CT molecular complexity index is 394. The van der Waals surface area contributed by atoms with Crippen molar-refractivity contribution < 1.29 is 14.7 Å². The molecule has 108 valence electrons. The lowest BCUT2D eigenvalue weighted by Crippen LogP contribution is -2.29. The SMILES string of the molecule is CCCCON=C(CC)C1=C(O)CC(C)(C)CC1=O. The summed E-state index contributed by atoms with van der Waals surface area (Å²) < 4.78 is 0. The van der Waals surface area contributed by atoms with E-state index in [1.54, 1.807) is 0 Å². The number of aliphatic hydroxyl groups excluding tert-OH is 1. The average molecular weight is 267 g/mol. The smallest absolute Gasteiger partial charge is 0.168 e. The summed E-state index contributed by atoms with van der Waals surface area (Å²) in [6.45, 7) is 8.51. The minimum Gasteiger partial charge on any atom is -0.511 e. The van der Waals surface area contributed by atoms with Crippen LogP contribution in [-0.2, 0) is 9.63 Å². The van der Waals surface area contributed by atoms with E-state index in [-0.39, 0.29) is 17.0 Å². The molecule has 0 radical (unpaired) electrons. The van der Waals surface area contributed by atoms with E-state index in [1.807, 2.05) is 20.8 Å². The van der Waals surface area contributed by atoms with Crippen molar-refractivity contribution in [2.24, 2.45) is 10.6 Å². The Balaban J connectivity index is 2.88. The van der Waals surface area contributed by atoms with Crippen molar-refractivity contribution in [3.8, 4) is 0 Å². The number of unbranched alkanes of at least 4 members (excludes halogenated alkanes) is 1. The lowest BCUT2D eigenvalue weighted by Gasteiger charge is -2.29. The van der Waals surface area contributed by atoms with Gasteiger partial charge in [-0.1, -0.05) is 39.3 Å². The number of Topliss-reactive ketones (excluding diaryl/α,β-unsaturated/α-hetero) is 1. The van der Waals surface area contributed by atoms with Gasteiger partial charge >= 0.3 is 0 Å². The molecule has 0 saturated heterocycles. The Labute approximate surface area is 115 Å². The van der Waals surface area contributed by atoms with Crippen LogP contribution in [0.1, 0.15) is 59.8 Å². The second-order valence-corrected chi connectivity index (χ2v) is 5.84. The van der Waals surface area contributed by atoms with E-state index in [0.29, 0.717) is 37.2 Å². The Morgan fingerprint density at radius 3 is 2.58 bits per heavy atom. The molecule has 0 aromatic rings. The predicted molar refractivity (Wildman–Crippen MR) is 76.3 cm³/mol. The molecule has 4 heteroatoms. The van der Waals surface area contributed by atoms with Crippen LogP contribution in [0.5, 0.6) is 0 Å². The highest BCUT2D eigenvalue weighted by Gasteiger charge is 2.34. The van der Waals surface area contributed by atoms with Gasteiger partial charge in [-0.05, 0) is 18.3 Å². The molecule has 1 aliphatic carbocycles. The van der Waals surface area contributed by atoms with E-state index >= 15 is 0 Å². The minimum atomic E-state index is -0.174. The summed E-state index contributed by atoms with van der Waals surface area (Å²) in [5.41, 5.74) is 0.763. The summed E-state index contributed by atoms with van der Waals surface area (Å²) in [6, 6.07) is 0. The van der Waals surface area contributed by atoms with Gasteiger partial charge in [-0.3, -0.25) is 4.79 Å². The van der Waals surface area contributed by atoms with Crippen molar-refractivity contribution in [1.82, 2.24) is 0 Å². The Hall–Kier alpha value is -1.32. The second-order valence-electron chi connectivity index (χ2n) is 5.84. The number of oxime groups is 1. The van der Waals surface area contributed by atoms with Crippen molar-refractivity contribution in [3.63, 3.8) is 0 Å². The molecule has 0 spiro atoms. The summed E-state index contributed by atoms with van der Waals surface area (Å²) in [6.07, 6.45) is 3.52. The topological polar surface area (TPSA) is 58.9 Å². The maximum atomic E-state index is 12.2. The zero-order chi connectivity index (χ0) is 14.5. The van der Waals surface area contributed by atoms with E-state index in [1.165, 1.54) is 0 Å². The minimum absolute atomic E-state index is 0.0339. The molecule has 0 fully saturated rings. The molecular formula is C15H25NO3. The molecule has 1 rings (SSSR count). The van der Waals surface area contributed by atoms with Crippen LogP contribution in [0.2, 0.25) is 0 Å². The van der Waals surface area contributed by atoms with Crippen LogP contribution in [0.25, 0.3) is 0 Å². The van der Waals surface area contributed by atoms with Crippen molar-refractivity contribution in [1.29, 1.82) is 0 Å². The summed E-state index contributed by atoms with van der Waals surface area (Å²) in [5, 5.41) is 14.1. The van der Waals surface area contributed by atoms with Crippen molar-refractivity contribution in [2.45, 2.75) is 59.8 Å². The van der Waals surface area contributed by atoms with Crippen LogP contribution in [-0.4, -0.2) is 23.2 Å². The number of aliphatic hydroxyl groups is 1. The Kier molecular flexibility index (Phi) is 5.58. The number of rotatable bonds is 6. The fraction of sp³-hybridized carbons (Fsp3) is 0.733. The molecule has 0 aliphatic heterocycles. The highest BCUT2D eigenvalue weighted by molar-refractivity contribution is 6.23. The van der Waals surface area contributed by atoms with Crippen LogP contribution >= 0.6 is 0 Å². The Morgan fingerprint density at radius 2 is 2.05 bits per heavy atom. The van der Waals surface area contributed by atoms with Gasteiger partial charge in [0.15, 0.2) is 5.78 Å². The van der Waals surface area contributed by atoms with E-state index in [4.69, 9.17) is 4.84 Å². The zero-order valence-electron chi connectivity index (χ0n) is 12.5. The Morgan fingerprint density at radius 1 is 1.37 bits per heavy atom. The van der Waals surface area contributed by atoms with Gasteiger partial charge < -0.3 is 9.94 Å². The first-order chi connectivity index (χ1) is 8.91. The normalized spacial score (nSPS) is 19.8. The van der Waals surface area contributed by atoms with E-state index in [2.05, 4.69) is 12.1 Å². The summed E-state index contributed by atoms with van der Waals surface area (Å²) in [5.74, 6) is 0.120. The monoisotopic (exact) mass is 267 g/mol. The number of hydrogen-bond donors (Lipinski definition) is 1. The molecular weight excluding hydrogens is 242 g/mol. The van der Waals surface area contributed by atoms with Crippen LogP contribution in [0, 0.1) is 5.41 Å². The van der Waals surface area contributed by atoms with Crippen molar-refractivity contribution in [2.75, 3.05) is 6.61 Å². The lowest BCUT2D eigenvalue weighted by atomic mass is 9.75. The maximum Gasteiger partial charge on any atom is 0.168 e. The van der Waals surface area contributed by atoms with Gasteiger partial charge in [0.1, 0.15) is 12.4 Å². The molecule has 4 nitrogen and oxygen atoms in total. The third-order valence-corrected chi connectivity index (χ3v) is 3.24. The molecule has 1 N–H and O–H groups in total. The standard InChI is InChI=1S/C15H25NO3/c1-5-7-8-19-16-11(6-2)14-12(17)9-15(3,4)10-13(14)18/h17H,5-10H2,1-4H3. The van der Waals surface area contributed by atoms with Crippen LogP contribution in [0.4, 0.5) is 0 Å². The molecule has 0 aromatic carbocycles. The lowest BCUT2D eigenvalue weighted by molar-refractivity contribution is -0.118. The molecule has 1 aliphatic rings. The molecule has 0 unspecified atom stereocenters. The quantitative estimate of drug-likeness (QED) is 0.453. The van der Waals surface area contributed by atoms with Gasteiger partial charge in [-0.2, -0.15) is 0 Å². The molecule has 0 heterocycles. The second kappa shape index (κ2) is 6.73. The number of ketones is 1. The third kappa shape index (κ3) is 4.37. The van der Waals surface area contributed by atoms with Crippen LogP contribution in [0.15, 0.2) is 16.5 Å². The number of nitrogens with zero attached hydrogens (tertiary/aromatic N) is 1. The van der Waals surface area contributed by atoms with E-state index in [0.717, 1.165) is 12.8 Å². The van der Waals surface area contributed by atoms with Gasteiger partial charge in [-0.15, -0.1) is 0 Å². The predicted octanol–water partition coefficient (Wildman–Crippen LogP) is 3.77. The highest BCUT2D eigenvalue weighted by atomic mass is 16.6. The molecule has 19 heavy (non-hydrogen) atoms. The first-order valence-corrected chi connectivity index (χ1v) is 7.05. The van der Waals surface area contributed by atoms with Gasteiger partial charge in [0, 0.05) is 12.8 Å². The fourth-order valence-electron chi connectivity index (χ4n) is 2.24. The highest BCUT2D eigenvalue weighted by Crippen LogP contribution is 2.36. The molecule has 0 bridgehead atoms. The average Bonchev–Trinajstić information content (AvgIpc) is 2.29. The number of carbonyl (C=O) groups is 1. The van der Waals surface area contributed by atoms with Crippen molar-refractivity contribution in [3.05, 3.63) is 11.3 Å². The van der Waals surface area contributed by atoms with E-state index < -0.39 is 0 Å². The van der Waals surface area contributed by atoms with Gasteiger partial charge in [-0.25, -0.2) is 0 Å². The third-order valence-electron chi connectivity index (χ3n) is 3.24. The van der Waals surface area contributed by atoms with Gasteiger partial charge in [0.2, 0.25) is 0 Å². The molecule has 0 atom stereocenters. The van der Waals surface area contributed by atoms with E-state index in [9.17, 15) is 9.90 Å². The molecule has 0 amide bonds. The molecule has 0 aromatic heterocycles. The van der Waals surface area contributed by atoms with Crippen LogP contribution < -0.4 is 0 Å². The van der Waals surface area contributed by atoms with Crippen molar-refractivity contribution >= 4 is 11.5 Å². The van der Waals surface area contributed by atoms with Gasteiger partial charge in [0.25, 0.3) is 0 Å². The maximum absolute atomic E-state index is 12.2.